The maximum absolute atomic E-state index is 13.8. The summed E-state index contributed by atoms with van der Waals surface area (Å²) in [6.07, 6.45) is 0.270. The Morgan fingerprint density at radius 1 is 0.780 bits per heavy atom. The highest BCUT2D eigenvalue weighted by molar-refractivity contribution is 7.99. The molecule has 1 unspecified atom stereocenters. The first-order valence-electron chi connectivity index (χ1n) is 13.7. The number of ether oxygens (including phenoxy) is 1. The summed E-state index contributed by atoms with van der Waals surface area (Å²) in [6, 6.07) is 39.7. The van der Waals surface area contributed by atoms with Crippen molar-refractivity contribution in [1.82, 2.24) is 0 Å². The Bertz CT molecular complexity index is 1620. The van der Waals surface area contributed by atoms with Crippen LogP contribution in [0.2, 0.25) is 0 Å². The Balaban J connectivity index is 1.30. The Kier molecular flexibility index (Phi) is 9.02. The van der Waals surface area contributed by atoms with Gasteiger partial charge in [-0.15, -0.1) is 0 Å². The van der Waals surface area contributed by atoms with E-state index in [-0.39, 0.29) is 24.5 Å². The van der Waals surface area contributed by atoms with E-state index in [1.165, 1.54) is 0 Å². The predicted octanol–water partition coefficient (Wildman–Crippen LogP) is 8.90. The maximum Gasteiger partial charge on any atom is 0.326 e. The van der Waals surface area contributed by atoms with Crippen LogP contribution in [0.1, 0.15) is 31.0 Å². The first-order chi connectivity index (χ1) is 20.0. The lowest BCUT2D eigenvalue weighted by molar-refractivity contribution is -0.142. The molecule has 0 aliphatic carbocycles. The standard InChI is InChI=1S/C35H32N2O3S/c1-3-40-34(38)23-26-13-19-32(20-14-26)41-33-21-16-30(17-22-33)36-35(39)37(25(2)27-9-5-4-6-10-27)31-18-15-28-11-7-8-12-29(28)24-31/h4-22,24-25H,3,23H2,1-2H3,(H,36,39). The van der Waals surface area contributed by atoms with Crippen molar-refractivity contribution >= 4 is 45.9 Å². The molecule has 41 heavy (non-hydrogen) atoms. The van der Waals surface area contributed by atoms with E-state index in [1.54, 1.807) is 18.7 Å². The number of hydrogen-bond acceptors (Lipinski definition) is 4. The van der Waals surface area contributed by atoms with Crippen molar-refractivity contribution in [3.05, 3.63) is 132 Å². The van der Waals surface area contributed by atoms with Gasteiger partial charge in [0.1, 0.15) is 0 Å². The van der Waals surface area contributed by atoms with E-state index >= 15 is 0 Å². The largest absolute Gasteiger partial charge is 0.466 e. The zero-order valence-electron chi connectivity index (χ0n) is 23.1. The molecule has 0 saturated heterocycles. The van der Waals surface area contributed by atoms with Crippen molar-refractivity contribution in [2.24, 2.45) is 0 Å². The van der Waals surface area contributed by atoms with Crippen LogP contribution >= 0.6 is 11.8 Å². The van der Waals surface area contributed by atoms with Crippen LogP contribution in [0.5, 0.6) is 0 Å². The van der Waals surface area contributed by atoms with Crippen molar-refractivity contribution in [1.29, 1.82) is 0 Å². The Labute approximate surface area is 245 Å². The highest BCUT2D eigenvalue weighted by Crippen LogP contribution is 2.32. The van der Waals surface area contributed by atoms with Gasteiger partial charge in [-0.1, -0.05) is 84.6 Å². The predicted molar refractivity (Wildman–Crippen MR) is 168 cm³/mol. The second kappa shape index (κ2) is 13.2. The zero-order chi connectivity index (χ0) is 28.6. The molecule has 0 radical (unpaired) electrons. The fourth-order valence-corrected chi connectivity index (χ4v) is 5.52. The van der Waals surface area contributed by atoms with Crippen LogP contribution < -0.4 is 10.2 Å². The molecule has 0 bridgehead atoms. The van der Waals surface area contributed by atoms with Gasteiger partial charge in [-0.2, -0.15) is 0 Å². The van der Waals surface area contributed by atoms with Crippen LogP contribution in [0, 0.1) is 0 Å². The number of anilines is 2. The second-order valence-electron chi connectivity index (χ2n) is 9.67. The van der Waals surface area contributed by atoms with Crippen molar-refractivity contribution in [3.63, 3.8) is 0 Å². The van der Waals surface area contributed by atoms with E-state index in [9.17, 15) is 9.59 Å². The summed E-state index contributed by atoms with van der Waals surface area (Å²) >= 11 is 1.62. The number of fused-ring (bicyclic) bond motifs is 1. The number of nitrogens with zero attached hydrogens (tertiary/aromatic N) is 1. The van der Waals surface area contributed by atoms with Crippen LogP contribution in [-0.2, 0) is 16.0 Å². The summed E-state index contributed by atoms with van der Waals surface area (Å²) in [5.74, 6) is -0.220. The van der Waals surface area contributed by atoms with Crippen LogP contribution in [0.25, 0.3) is 10.8 Å². The zero-order valence-corrected chi connectivity index (χ0v) is 23.9. The lowest BCUT2D eigenvalue weighted by Crippen LogP contribution is -2.37. The topological polar surface area (TPSA) is 58.6 Å². The van der Waals surface area contributed by atoms with Gasteiger partial charge < -0.3 is 10.1 Å². The third-order valence-electron chi connectivity index (χ3n) is 6.82. The van der Waals surface area contributed by atoms with Crippen LogP contribution in [0.3, 0.4) is 0 Å². The monoisotopic (exact) mass is 560 g/mol. The third kappa shape index (κ3) is 7.16. The van der Waals surface area contributed by atoms with E-state index in [1.807, 2.05) is 109 Å². The molecule has 0 heterocycles. The summed E-state index contributed by atoms with van der Waals surface area (Å²) in [7, 11) is 0. The molecular weight excluding hydrogens is 528 g/mol. The molecule has 5 rings (SSSR count). The summed E-state index contributed by atoms with van der Waals surface area (Å²) in [5, 5.41) is 5.31. The van der Waals surface area contributed by atoms with Gasteiger partial charge in [0.2, 0.25) is 0 Å². The van der Waals surface area contributed by atoms with Gasteiger partial charge in [-0.05, 0) is 84.3 Å². The molecule has 1 N–H and O–H groups in total. The number of carbonyl (C=O) groups is 2. The van der Waals surface area contributed by atoms with Crippen LogP contribution in [-0.4, -0.2) is 18.6 Å². The van der Waals surface area contributed by atoms with Crippen molar-refractivity contribution in [3.8, 4) is 0 Å². The molecule has 0 spiro atoms. The fourth-order valence-electron chi connectivity index (χ4n) is 4.70. The van der Waals surface area contributed by atoms with Gasteiger partial charge in [0.25, 0.3) is 0 Å². The SMILES string of the molecule is CCOC(=O)Cc1ccc(Sc2ccc(NC(=O)N(c3ccc4ccccc4c3)C(C)c3ccccc3)cc2)cc1. The minimum absolute atomic E-state index is 0.181. The minimum Gasteiger partial charge on any atom is -0.466 e. The Hall–Kier alpha value is -4.55. The molecule has 5 aromatic carbocycles. The number of nitrogens with one attached hydrogen (secondary N) is 1. The van der Waals surface area contributed by atoms with Crippen molar-refractivity contribution in [2.75, 3.05) is 16.8 Å². The molecule has 206 valence electrons. The highest BCUT2D eigenvalue weighted by atomic mass is 32.2. The van der Waals surface area contributed by atoms with Crippen molar-refractivity contribution < 1.29 is 14.3 Å². The third-order valence-corrected chi connectivity index (χ3v) is 7.83. The Morgan fingerprint density at radius 2 is 1.41 bits per heavy atom. The molecule has 2 amide bonds. The maximum atomic E-state index is 13.8. The van der Waals surface area contributed by atoms with Gasteiger partial charge in [0, 0.05) is 21.2 Å². The summed E-state index contributed by atoms with van der Waals surface area (Å²) in [5.41, 5.74) is 3.52. The molecule has 5 aromatic rings. The summed E-state index contributed by atoms with van der Waals surface area (Å²) in [4.78, 5) is 29.4. The average molecular weight is 561 g/mol. The van der Waals surface area contributed by atoms with Crippen LogP contribution in [0.15, 0.2) is 131 Å². The van der Waals surface area contributed by atoms with Gasteiger partial charge in [0.05, 0.1) is 19.1 Å². The quantitative estimate of drug-likeness (QED) is 0.183. The van der Waals surface area contributed by atoms with Gasteiger partial charge in [-0.25, -0.2) is 4.79 Å². The first-order valence-corrected chi connectivity index (χ1v) is 14.5. The molecule has 1 atom stereocenters. The number of carbonyl (C=O) groups excluding carboxylic acids is 2. The molecule has 0 aliphatic heterocycles. The second-order valence-corrected chi connectivity index (χ2v) is 10.8. The molecular formula is C35H32N2O3S. The number of esters is 1. The minimum atomic E-state index is -0.220. The number of benzene rings is 5. The van der Waals surface area contributed by atoms with Gasteiger partial charge in [-0.3, -0.25) is 9.69 Å². The first kappa shape index (κ1) is 28.0. The lowest BCUT2D eigenvalue weighted by atomic mass is 10.0. The normalized spacial score (nSPS) is 11.6. The molecule has 0 aliphatic rings. The van der Waals surface area contributed by atoms with E-state index in [4.69, 9.17) is 4.74 Å². The molecule has 5 nitrogen and oxygen atoms in total. The van der Waals surface area contributed by atoms with Gasteiger partial charge >= 0.3 is 12.0 Å². The van der Waals surface area contributed by atoms with Crippen LogP contribution in [0.4, 0.5) is 16.2 Å². The number of hydrogen-bond donors (Lipinski definition) is 1. The molecule has 0 saturated carbocycles. The lowest BCUT2D eigenvalue weighted by Gasteiger charge is -2.30. The number of rotatable bonds is 9. The molecule has 0 aromatic heterocycles. The van der Waals surface area contributed by atoms with Crippen molar-refractivity contribution in [2.45, 2.75) is 36.1 Å². The van der Waals surface area contributed by atoms with E-state index < -0.39 is 0 Å². The van der Waals surface area contributed by atoms with E-state index in [0.717, 1.165) is 43.1 Å². The summed E-state index contributed by atoms with van der Waals surface area (Å²) in [6.45, 7) is 4.24. The Morgan fingerprint density at radius 3 is 2.10 bits per heavy atom. The molecule has 0 fully saturated rings. The molecule has 6 heteroatoms. The summed E-state index contributed by atoms with van der Waals surface area (Å²) < 4.78 is 5.03. The van der Waals surface area contributed by atoms with E-state index in [0.29, 0.717) is 6.61 Å². The fraction of sp³-hybridized carbons (Fsp3) is 0.143. The number of amides is 2. The van der Waals surface area contributed by atoms with Gasteiger partial charge in [0.15, 0.2) is 0 Å². The smallest absolute Gasteiger partial charge is 0.326 e. The van der Waals surface area contributed by atoms with E-state index in [2.05, 4.69) is 29.6 Å². The number of urea groups is 1. The average Bonchev–Trinajstić information content (AvgIpc) is 3.00. The highest BCUT2D eigenvalue weighted by Gasteiger charge is 2.24.